The van der Waals surface area contributed by atoms with Crippen LogP contribution in [0.3, 0.4) is 0 Å². The van der Waals surface area contributed by atoms with E-state index in [4.69, 9.17) is 4.74 Å². The van der Waals surface area contributed by atoms with Gasteiger partial charge in [-0.3, -0.25) is 9.97 Å². The molecule has 0 saturated carbocycles. The Hall–Kier alpha value is -2.31. The van der Waals surface area contributed by atoms with Crippen molar-refractivity contribution in [2.45, 2.75) is 25.7 Å². The highest BCUT2D eigenvalue weighted by atomic mass is 19.3. The fraction of sp³-hybridized carbons (Fsp3) is 0.438. The third kappa shape index (κ3) is 3.23. The van der Waals surface area contributed by atoms with Crippen LogP contribution in [0.1, 0.15) is 30.1 Å². The molecular weight excluding hydrogens is 304 g/mol. The van der Waals surface area contributed by atoms with Gasteiger partial charge in [-0.15, -0.1) is 0 Å². The molecule has 0 spiro atoms. The van der Waals surface area contributed by atoms with E-state index < -0.39 is 11.9 Å². The van der Waals surface area contributed by atoms with Crippen molar-refractivity contribution in [2.75, 3.05) is 24.6 Å². The lowest BCUT2D eigenvalue weighted by Gasteiger charge is -2.33. The number of nitrogens with zero attached hydrogens (tertiary/aromatic N) is 3. The highest BCUT2D eigenvalue weighted by Gasteiger charge is 2.34. The van der Waals surface area contributed by atoms with E-state index in [1.807, 2.05) is 4.90 Å². The summed E-state index contributed by atoms with van der Waals surface area (Å²) in [6.45, 7) is 2.51. The number of pyridine rings is 2. The summed E-state index contributed by atoms with van der Waals surface area (Å²) in [5, 5.41) is 0.718. The Kier molecular flexibility index (Phi) is 4.11. The Morgan fingerprint density at radius 2 is 2.04 bits per heavy atom. The molecule has 1 aliphatic rings. The van der Waals surface area contributed by atoms with Crippen molar-refractivity contribution in [3.05, 3.63) is 30.2 Å². The number of esters is 1. The standard InChI is InChI=1S/C16H17F2N3O2/c1-2-23-15(22)11-7-12-13(20-8-11)9-19-10-14(12)21-5-3-16(17,18)4-6-21/h7-10H,2-6H2,1H3. The lowest BCUT2D eigenvalue weighted by Crippen LogP contribution is -2.39. The van der Waals surface area contributed by atoms with E-state index in [0.717, 1.165) is 11.1 Å². The molecule has 0 bridgehead atoms. The average molecular weight is 321 g/mol. The van der Waals surface area contributed by atoms with E-state index in [2.05, 4.69) is 9.97 Å². The van der Waals surface area contributed by atoms with Gasteiger partial charge < -0.3 is 9.64 Å². The van der Waals surface area contributed by atoms with Crippen LogP contribution in [0.4, 0.5) is 14.5 Å². The minimum absolute atomic E-state index is 0.186. The molecule has 0 N–H and O–H groups in total. The Morgan fingerprint density at radius 1 is 1.30 bits per heavy atom. The van der Waals surface area contributed by atoms with Crippen LogP contribution < -0.4 is 4.90 Å². The summed E-state index contributed by atoms with van der Waals surface area (Å²) in [6.07, 6.45) is 4.29. The Labute approximate surface area is 132 Å². The number of hydrogen-bond acceptors (Lipinski definition) is 5. The van der Waals surface area contributed by atoms with Gasteiger partial charge in [0.2, 0.25) is 0 Å². The molecule has 3 rings (SSSR count). The third-order valence-corrected chi connectivity index (χ3v) is 3.93. The molecule has 1 saturated heterocycles. The molecule has 2 aromatic heterocycles. The van der Waals surface area contributed by atoms with Gasteiger partial charge in [-0.05, 0) is 13.0 Å². The normalized spacial score (nSPS) is 17.3. The Morgan fingerprint density at radius 3 is 2.74 bits per heavy atom. The van der Waals surface area contributed by atoms with Gasteiger partial charge in [0.1, 0.15) is 0 Å². The monoisotopic (exact) mass is 321 g/mol. The van der Waals surface area contributed by atoms with E-state index in [1.54, 1.807) is 25.4 Å². The summed E-state index contributed by atoms with van der Waals surface area (Å²) in [5.41, 5.74) is 1.68. The fourth-order valence-electron chi connectivity index (χ4n) is 2.68. The van der Waals surface area contributed by atoms with Crippen molar-refractivity contribution in [1.82, 2.24) is 9.97 Å². The molecule has 0 amide bonds. The summed E-state index contributed by atoms with van der Waals surface area (Å²) < 4.78 is 31.7. The smallest absolute Gasteiger partial charge is 0.339 e. The van der Waals surface area contributed by atoms with Crippen molar-refractivity contribution >= 4 is 22.6 Å². The SMILES string of the molecule is CCOC(=O)c1cnc2cncc(N3CCC(F)(F)CC3)c2c1. The van der Waals surface area contributed by atoms with Crippen LogP contribution in [0.15, 0.2) is 24.7 Å². The lowest BCUT2D eigenvalue weighted by molar-refractivity contribution is -0.0220. The van der Waals surface area contributed by atoms with Crippen LogP contribution in [0.5, 0.6) is 0 Å². The van der Waals surface area contributed by atoms with Gasteiger partial charge >= 0.3 is 5.97 Å². The van der Waals surface area contributed by atoms with Crippen LogP contribution in [0, 0.1) is 0 Å². The predicted octanol–water partition coefficient (Wildman–Crippen LogP) is 3.04. The molecule has 2 aromatic rings. The number of rotatable bonds is 3. The maximum Gasteiger partial charge on any atom is 0.339 e. The minimum Gasteiger partial charge on any atom is -0.462 e. The van der Waals surface area contributed by atoms with E-state index in [9.17, 15) is 13.6 Å². The largest absolute Gasteiger partial charge is 0.462 e. The highest BCUT2D eigenvalue weighted by molar-refractivity contribution is 5.98. The summed E-state index contributed by atoms with van der Waals surface area (Å²) in [4.78, 5) is 22.1. The van der Waals surface area contributed by atoms with Gasteiger partial charge in [0.25, 0.3) is 5.92 Å². The van der Waals surface area contributed by atoms with Crippen molar-refractivity contribution in [2.24, 2.45) is 0 Å². The third-order valence-electron chi connectivity index (χ3n) is 3.93. The quantitative estimate of drug-likeness (QED) is 0.813. The summed E-state index contributed by atoms with van der Waals surface area (Å²) in [7, 11) is 0. The number of piperidine rings is 1. The number of ether oxygens (including phenoxy) is 1. The highest BCUT2D eigenvalue weighted by Crippen LogP contribution is 2.33. The molecule has 7 heteroatoms. The number of hydrogen-bond donors (Lipinski definition) is 0. The van der Waals surface area contributed by atoms with Crippen molar-refractivity contribution in [3.8, 4) is 0 Å². The molecule has 0 aromatic carbocycles. The van der Waals surface area contributed by atoms with E-state index in [1.165, 1.54) is 6.20 Å². The minimum atomic E-state index is -2.61. The number of halogens is 2. The van der Waals surface area contributed by atoms with Gasteiger partial charge in [-0.2, -0.15) is 0 Å². The van der Waals surface area contributed by atoms with Crippen molar-refractivity contribution < 1.29 is 18.3 Å². The first kappa shape index (κ1) is 15.6. The molecule has 1 aliphatic heterocycles. The molecular formula is C16H17F2N3O2. The summed E-state index contributed by atoms with van der Waals surface area (Å²) in [6, 6.07) is 1.68. The molecule has 0 aliphatic carbocycles. The number of carbonyl (C=O) groups excluding carboxylic acids is 1. The molecule has 0 unspecified atom stereocenters. The average Bonchev–Trinajstić information content (AvgIpc) is 2.54. The molecule has 1 fully saturated rings. The summed E-state index contributed by atoms with van der Waals surface area (Å²) >= 11 is 0. The van der Waals surface area contributed by atoms with Gasteiger partial charge in [0.05, 0.1) is 35.8 Å². The Bertz CT molecular complexity index is 726. The second-order valence-corrected chi connectivity index (χ2v) is 5.51. The lowest BCUT2D eigenvalue weighted by atomic mass is 10.1. The van der Waals surface area contributed by atoms with E-state index >= 15 is 0 Å². The number of fused-ring (bicyclic) bond motifs is 1. The zero-order valence-corrected chi connectivity index (χ0v) is 12.8. The first-order valence-corrected chi connectivity index (χ1v) is 7.54. The molecule has 0 atom stereocenters. The molecule has 5 nitrogen and oxygen atoms in total. The van der Waals surface area contributed by atoms with Gasteiger partial charge in [0, 0.05) is 37.5 Å². The molecule has 23 heavy (non-hydrogen) atoms. The molecule has 0 radical (unpaired) electrons. The first-order chi connectivity index (χ1) is 11.0. The maximum absolute atomic E-state index is 13.3. The van der Waals surface area contributed by atoms with Crippen LogP contribution in [0.2, 0.25) is 0 Å². The van der Waals surface area contributed by atoms with Crippen LogP contribution >= 0.6 is 0 Å². The fourth-order valence-corrected chi connectivity index (χ4v) is 2.68. The van der Waals surface area contributed by atoms with Gasteiger partial charge in [-0.1, -0.05) is 0 Å². The number of alkyl halides is 2. The van der Waals surface area contributed by atoms with Crippen molar-refractivity contribution in [3.63, 3.8) is 0 Å². The zero-order valence-electron chi connectivity index (χ0n) is 12.8. The Balaban J connectivity index is 1.97. The predicted molar refractivity (Wildman–Crippen MR) is 81.9 cm³/mol. The molecule has 122 valence electrons. The van der Waals surface area contributed by atoms with Gasteiger partial charge in [-0.25, -0.2) is 13.6 Å². The van der Waals surface area contributed by atoms with E-state index in [-0.39, 0.29) is 32.5 Å². The number of carbonyl (C=O) groups is 1. The second-order valence-electron chi connectivity index (χ2n) is 5.51. The first-order valence-electron chi connectivity index (χ1n) is 7.54. The van der Waals surface area contributed by atoms with Crippen LogP contribution in [0.25, 0.3) is 10.9 Å². The topological polar surface area (TPSA) is 55.3 Å². The maximum atomic E-state index is 13.3. The van der Waals surface area contributed by atoms with Crippen LogP contribution in [-0.4, -0.2) is 41.6 Å². The molecule has 3 heterocycles. The van der Waals surface area contributed by atoms with Gasteiger partial charge in [0.15, 0.2) is 0 Å². The number of anilines is 1. The van der Waals surface area contributed by atoms with Crippen LogP contribution in [-0.2, 0) is 4.74 Å². The van der Waals surface area contributed by atoms with E-state index in [0.29, 0.717) is 11.1 Å². The second kappa shape index (κ2) is 6.06. The van der Waals surface area contributed by atoms with Crippen molar-refractivity contribution in [1.29, 1.82) is 0 Å². The number of aromatic nitrogens is 2. The summed E-state index contributed by atoms with van der Waals surface area (Å²) in [5.74, 6) is -3.06. The zero-order chi connectivity index (χ0) is 16.4.